The molecule has 2 aromatic carbocycles. The number of hydrogen-bond donors (Lipinski definition) is 1. The van der Waals surface area contributed by atoms with Crippen LogP contribution in [0.4, 0.5) is 0 Å². The Hall–Kier alpha value is -2.60. The summed E-state index contributed by atoms with van der Waals surface area (Å²) in [4.78, 5) is 15.0. The predicted molar refractivity (Wildman–Crippen MR) is 105 cm³/mol. The van der Waals surface area contributed by atoms with Crippen LogP contribution in [0, 0.1) is 6.92 Å². The van der Waals surface area contributed by atoms with Crippen molar-refractivity contribution in [2.75, 3.05) is 12.4 Å². The number of rotatable bonds is 8. The van der Waals surface area contributed by atoms with Crippen molar-refractivity contribution in [1.82, 2.24) is 15.2 Å². The highest BCUT2D eigenvalue weighted by molar-refractivity contribution is 7.99. The Kier molecular flexibility index (Phi) is 6.44. The van der Waals surface area contributed by atoms with Gasteiger partial charge >= 0.3 is 0 Å². The summed E-state index contributed by atoms with van der Waals surface area (Å²) in [6.07, 6.45) is 1.92. The highest BCUT2D eigenvalue weighted by Gasteiger charge is 2.07. The van der Waals surface area contributed by atoms with Crippen LogP contribution >= 0.6 is 11.8 Å². The minimum Gasteiger partial charge on any atom is -0.494 e. The molecule has 0 aliphatic heterocycles. The zero-order valence-electron chi connectivity index (χ0n) is 14.6. The minimum absolute atomic E-state index is 0.212. The first-order valence-electron chi connectivity index (χ1n) is 8.57. The standard InChI is InChI=1S/C20H21N3O2S/c1-15-9-11-17(12-10-15)25-13-5-6-14-26-20-21-19(24)18(22-23-20)16-7-3-2-4-8-16/h2-4,7-12H,5-6,13-14H2,1H3,(H,21,23,24). The molecular weight excluding hydrogens is 346 g/mol. The van der Waals surface area contributed by atoms with E-state index in [0.717, 1.165) is 29.9 Å². The fourth-order valence-electron chi connectivity index (χ4n) is 2.37. The van der Waals surface area contributed by atoms with Crippen LogP contribution in [0.15, 0.2) is 64.5 Å². The van der Waals surface area contributed by atoms with Crippen LogP contribution < -0.4 is 10.3 Å². The fraction of sp³-hybridized carbons (Fsp3) is 0.250. The lowest BCUT2D eigenvalue weighted by Crippen LogP contribution is -2.14. The number of ether oxygens (including phenoxy) is 1. The second kappa shape index (κ2) is 9.20. The molecule has 1 aromatic heterocycles. The van der Waals surface area contributed by atoms with Crippen molar-refractivity contribution in [2.24, 2.45) is 0 Å². The monoisotopic (exact) mass is 367 g/mol. The van der Waals surface area contributed by atoms with Crippen molar-refractivity contribution >= 4 is 11.8 Å². The molecule has 0 radical (unpaired) electrons. The summed E-state index contributed by atoms with van der Waals surface area (Å²) in [6.45, 7) is 2.74. The Morgan fingerprint density at radius 3 is 2.50 bits per heavy atom. The molecule has 0 atom stereocenters. The fourth-order valence-corrected chi connectivity index (χ4v) is 3.17. The second-order valence-corrected chi connectivity index (χ2v) is 6.97. The largest absolute Gasteiger partial charge is 0.494 e. The molecule has 5 nitrogen and oxygen atoms in total. The first-order chi connectivity index (χ1) is 12.7. The molecule has 0 fully saturated rings. The Bertz CT molecular complexity index is 880. The van der Waals surface area contributed by atoms with Gasteiger partial charge in [-0.2, -0.15) is 0 Å². The van der Waals surface area contributed by atoms with Crippen molar-refractivity contribution in [3.63, 3.8) is 0 Å². The summed E-state index contributed by atoms with van der Waals surface area (Å²) >= 11 is 1.50. The van der Waals surface area contributed by atoms with Gasteiger partial charge in [0.1, 0.15) is 5.75 Å². The van der Waals surface area contributed by atoms with Crippen molar-refractivity contribution in [2.45, 2.75) is 24.9 Å². The topological polar surface area (TPSA) is 67.9 Å². The normalized spacial score (nSPS) is 10.7. The van der Waals surface area contributed by atoms with Gasteiger partial charge in [-0.05, 0) is 31.9 Å². The van der Waals surface area contributed by atoms with Crippen molar-refractivity contribution in [3.05, 3.63) is 70.5 Å². The molecular formula is C20H21N3O2S. The Morgan fingerprint density at radius 1 is 1.00 bits per heavy atom. The van der Waals surface area contributed by atoms with E-state index in [0.29, 0.717) is 17.5 Å². The molecule has 0 saturated carbocycles. The summed E-state index contributed by atoms with van der Waals surface area (Å²) in [5.74, 6) is 1.75. The van der Waals surface area contributed by atoms with Crippen LogP contribution in [0.3, 0.4) is 0 Å². The third-order valence-electron chi connectivity index (χ3n) is 3.79. The molecule has 6 heteroatoms. The number of H-pyrrole nitrogens is 1. The smallest absolute Gasteiger partial charge is 0.278 e. The summed E-state index contributed by atoms with van der Waals surface area (Å²) in [5, 5.41) is 8.74. The molecule has 0 aliphatic carbocycles. The van der Waals surface area contributed by atoms with Gasteiger partial charge < -0.3 is 4.74 Å². The van der Waals surface area contributed by atoms with Crippen LogP contribution in [0.2, 0.25) is 0 Å². The van der Waals surface area contributed by atoms with Gasteiger partial charge in [-0.25, -0.2) is 0 Å². The van der Waals surface area contributed by atoms with Gasteiger partial charge in [0, 0.05) is 11.3 Å². The summed E-state index contributed by atoms with van der Waals surface area (Å²) < 4.78 is 5.70. The number of aromatic nitrogens is 3. The molecule has 0 spiro atoms. The third-order valence-corrected chi connectivity index (χ3v) is 4.74. The predicted octanol–water partition coefficient (Wildman–Crippen LogP) is 4.09. The highest BCUT2D eigenvalue weighted by atomic mass is 32.2. The molecule has 0 amide bonds. The van der Waals surface area contributed by atoms with E-state index in [1.807, 2.05) is 54.6 Å². The lowest BCUT2D eigenvalue weighted by atomic mass is 10.2. The van der Waals surface area contributed by atoms with E-state index in [4.69, 9.17) is 4.74 Å². The van der Waals surface area contributed by atoms with E-state index in [1.165, 1.54) is 17.3 Å². The summed E-state index contributed by atoms with van der Waals surface area (Å²) in [6, 6.07) is 17.4. The Labute approximate surface area is 156 Å². The SMILES string of the molecule is Cc1ccc(OCCCCSc2nnc(-c3ccccc3)c(=O)[nH]2)cc1. The maximum atomic E-state index is 12.2. The first kappa shape index (κ1) is 18.2. The number of thioether (sulfide) groups is 1. The third kappa shape index (κ3) is 5.20. The maximum absolute atomic E-state index is 12.2. The molecule has 1 heterocycles. The van der Waals surface area contributed by atoms with Crippen LogP contribution in [-0.4, -0.2) is 27.5 Å². The van der Waals surface area contributed by atoms with Gasteiger partial charge in [-0.3, -0.25) is 9.78 Å². The van der Waals surface area contributed by atoms with E-state index >= 15 is 0 Å². The number of unbranched alkanes of at least 4 members (excludes halogenated alkanes) is 1. The number of aromatic amines is 1. The zero-order chi connectivity index (χ0) is 18.2. The molecule has 3 aromatic rings. The molecule has 0 aliphatic rings. The lowest BCUT2D eigenvalue weighted by molar-refractivity contribution is 0.310. The first-order valence-corrected chi connectivity index (χ1v) is 9.55. The van der Waals surface area contributed by atoms with Crippen molar-refractivity contribution in [1.29, 1.82) is 0 Å². The van der Waals surface area contributed by atoms with E-state index in [2.05, 4.69) is 22.1 Å². The van der Waals surface area contributed by atoms with Gasteiger partial charge in [0.25, 0.3) is 5.56 Å². The van der Waals surface area contributed by atoms with Crippen LogP contribution in [0.5, 0.6) is 5.75 Å². The molecule has 0 bridgehead atoms. The molecule has 1 N–H and O–H groups in total. The minimum atomic E-state index is -0.212. The van der Waals surface area contributed by atoms with Crippen LogP contribution in [0.25, 0.3) is 11.3 Å². The lowest BCUT2D eigenvalue weighted by Gasteiger charge is -2.06. The van der Waals surface area contributed by atoms with Gasteiger partial charge in [0.2, 0.25) is 0 Å². The van der Waals surface area contributed by atoms with E-state index in [-0.39, 0.29) is 5.56 Å². The number of hydrogen-bond acceptors (Lipinski definition) is 5. The number of nitrogens with zero attached hydrogens (tertiary/aromatic N) is 2. The Balaban J connectivity index is 1.42. The number of aryl methyl sites for hydroxylation is 1. The van der Waals surface area contributed by atoms with E-state index in [1.54, 1.807) is 0 Å². The maximum Gasteiger partial charge on any atom is 0.278 e. The van der Waals surface area contributed by atoms with E-state index < -0.39 is 0 Å². The van der Waals surface area contributed by atoms with Crippen molar-refractivity contribution < 1.29 is 4.74 Å². The van der Waals surface area contributed by atoms with Gasteiger partial charge in [-0.1, -0.05) is 59.8 Å². The zero-order valence-corrected chi connectivity index (χ0v) is 15.5. The molecule has 0 saturated heterocycles. The summed E-state index contributed by atoms with van der Waals surface area (Å²) in [7, 11) is 0. The van der Waals surface area contributed by atoms with Gasteiger partial charge in [0.05, 0.1) is 6.61 Å². The van der Waals surface area contributed by atoms with E-state index in [9.17, 15) is 4.79 Å². The van der Waals surface area contributed by atoms with Gasteiger partial charge in [-0.15, -0.1) is 10.2 Å². The quantitative estimate of drug-likeness (QED) is 0.480. The van der Waals surface area contributed by atoms with Crippen molar-refractivity contribution in [3.8, 4) is 17.0 Å². The Morgan fingerprint density at radius 2 is 1.77 bits per heavy atom. The highest BCUT2D eigenvalue weighted by Crippen LogP contribution is 2.16. The number of nitrogens with one attached hydrogen (secondary N) is 1. The molecule has 3 rings (SSSR count). The van der Waals surface area contributed by atoms with Gasteiger partial charge in [0.15, 0.2) is 10.9 Å². The molecule has 134 valence electrons. The van der Waals surface area contributed by atoms with Crippen LogP contribution in [0.1, 0.15) is 18.4 Å². The molecule has 26 heavy (non-hydrogen) atoms. The average molecular weight is 367 g/mol. The second-order valence-electron chi connectivity index (χ2n) is 5.89. The summed E-state index contributed by atoms with van der Waals surface area (Å²) in [5.41, 5.74) is 2.13. The molecule has 0 unspecified atom stereocenters. The van der Waals surface area contributed by atoms with Crippen LogP contribution in [-0.2, 0) is 0 Å². The average Bonchev–Trinajstić information content (AvgIpc) is 2.67. The number of benzene rings is 2.